The number of nitrogens with one attached hydrogen (secondary N) is 2. The molecule has 0 spiro atoms. The Morgan fingerprint density at radius 3 is 3.05 bits per heavy atom. The molecule has 1 aliphatic heterocycles. The van der Waals surface area contributed by atoms with Crippen molar-refractivity contribution >= 4 is 34.5 Å². The number of amides is 1. The third kappa shape index (κ3) is 2.97. The summed E-state index contributed by atoms with van der Waals surface area (Å²) in [6.07, 6.45) is 1.81. The van der Waals surface area contributed by atoms with Gasteiger partial charge in [0.1, 0.15) is 0 Å². The van der Waals surface area contributed by atoms with Gasteiger partial charge >= 0.3 is 0 Å². The summed E-state index contributed by atoms with van der Waals surface area (Å²) in [7, 11) is 0. The number of benzene rings is 1. The van der Waals surface area contributed by atoms with Gasteiger partial charge in [0, 0.05) is 29.2 Å². The molecule has 2 N–H and O–H groups in total. The summed E-state index contributed by atoms with van der Waals surface area (Å²) < 4.78 is 0.789. The number of hydrogen-bond acceptors (Lipinski definition) is 3. The molecule has 1 aromatic carbocycles. The van der Waals surface area contributed by atoms with E-state index < -0.39 is 0 Å². The van der Waals surface area contributed by atoms with Gasteiger partial charge in [0.25, 0.3) is 5.91 Å². The summed E-state index contributed by atoms with van der Waals surface area (Å²) in [5.41, 5.74) is 3.11. The van der Waals surface area contributed by atoms with E-state index in [2.05, 4.69) is 10.6 Å². The normalized spacial score (nSPS) is 12.8. The van der Waals surface area contributed by atoms with Crippen molar-refractivity contribution in [2.24, 2.45) is 0 Å². The summed E-state index contributed by atoms with van der Waals surface area (Å²) in [4.78, 5) is 13.3. The average Bonchev–Trinajstić information content (AvgIpc) is 3.06. The zero-order valence-electron chi connectivity index (χ0n) is 10.9. The molecular weight excluding hydrogens is 292 g/mol. The number of rotatable bonds is 4. The highest BCUT2D eigenvalue weighted by molar-refractivity contribution is 7.16. The summed E-state index contributed by atoms with van der Waals surface area (Å²) in [6, 6.07) is 9.72. The number of carbonyl (C=O) groups is 1. The van der Waals surface area contributed by atoms with Gasteiger partial charge in [-0.15, -0.1) is 11.3 Å². The predicted octanol–water partition coefficient (Wildman–Crippen LogP) is 3.34. The Hall–Kier alpha value is -1.52. The zero-order valence-corrected chi connectivity index (χ0v) is 12.5. The van der Waals surface area contributed by atoms with Gasteiger partial charge in [-0.25, -0.2) is 0 Å². The minimum Gasteiger partial charge on any atom is -0.384 e. The fraction of sp³-hybridized carbons (Fsp3) is 0.267. The third-order valence-electron chi connectivity index (χ3n) is 3.36. The first-order chi connectivity index (χ1) is 9.72. The van der Waals surface area contributed by atoms with Gasteiger partial charge in [0.05, 0.1) is 4.34 Å². The zero-order chi connectivity index (χ0) is 13.9. The molecule has 3 rings (SSSR count). The van der Waals surface area contributed by atoms with Gasteiger partial charge in [-0.3, -0.25) is 4.79 Å². The Bertz CT molecular complexity index is 639. The minimum absolute atomic E-state index is 0.0117. The molecule has 3 nitrogen and oxygen atoms in total. The smallest absolute Gasteiger partial charge is 0.251 e. The molecule has 2 aromatic rings. The Balaban J connectivity index is 1.56. The van der Waals surface area contributed by atoms with Crippen LogP contribution in [0.25, 0.3) is 0 Å². The number of anilines is 1. The molecule has 0 saturated heterocycles. The summed E-state index contributed by atoms with van der Waals surface area (Å²) in [5.74, 6) is -0.0117. The second-order valence-corrected chi connectivity index (χ2v) is 6.56. The van der Waals surface area contributed by atoms with Crippen molar-refractivity contribution in [2.45, 2.75) is 12.8 Å². The maximum Gasteiger partial charge on any atom is 0.251 e. The Morgan fingerprint density at radius 1 is 1.35 bits per heavy atom. The van der Waals surface area contributed by atoms with Crippen molar-refractivity contribution in [2.75, 3.05) is 18.4 Å². The van der Waals surface area contributed by atoms with Crippen molar-refractivity contribution in [3.05, 3.63) is 50.7 Å². The van der Waals surface area contributed by atoms with Crippen LogP contribution in [0.1, 0.15) is 20.8 Å². The van der Waals surface area contributed by atoms with Crippen LogP contribution in [0, 0.1) is 0 Å². The van der Waals surface area contributed by atoms with Crippen molar-refractivity contribution in [3.63, 3.8) is 0 Å². The number of hydrogen-bond donors (Lipinski definition) is 2. The van der Waals surface area contributed by atoms with E-state index in [4.69, 9.17) is 11.6 Å². The number of thiophene rings is 1. The first-order valence-corrected chi connectivity index (χ1v) is 7.81. The van der Waals surface area contributed by atoms with Gasteiger partial charge in [0.2, 0.25) is 0 Å². The van der Waals surface area contributed by atoms with Crippen molar-refractivity contribution in [1.82, 2.24) is 5.32 Å². The van der Waals surface area contributed by atoms with E-state index in [1.807, 2.05) is 30.3 Å². The molecule has 0 bridgehead atoms. The van der Waals surface area contributed by atoms with Crippen LogP contribution in [0.5, 0.6) is 0 Å². The highest BCUT2D eigenvalue weighted by Crippen LogP contribution is 2.23. The lowest BCUT2D eigenvalue weighted by Crippen LogP contribution is -2.25. The summed E-state index contributed by atoms with van der Waals surface area (Å²) in [6.45, 7) is 1.59. The van der Waals surface area contributed by atoms with Gasteiger partial charge in [-0.1, -0.05) is 11.6 Å². The van der Waals surface area contributed by atoms with Crippen LogP contribution in [0.2, 0.25) is 4.34 Å². The lowest BCUT2D eigenvalue weighted by molar-refractivity contribution is 0.0954. The van der Waals surface area contributed by atoms with Crippen LogP contribution in [-0.2, 0) is 12.8 Å². The van der Waals surface area contributed by atoms with Crippen LogP contribution in [0.15, 0.2) is 30.3 Å². The fourth-order valence-electron chi connectivity index (χ4n) is 2.33. The molecule has 5 heteroatoms. The first kappa shape index (κ1) is 13.5. The van der Waals surface area contributed by atoms with E-state index in [1.54, 1.807) is 11.3 Å². The monoisotopic (exact) mass is 306 g/mol. The summed E-state index contributed by atoms with van der Waals surface area (Å²) in [5, 5.41) is 6.24. The van der Waals surface area contributed by atoms with Crippen LogP contribution >= 0.6 is 22.9 Å². The molecule has 1 aliphatic rings. The molecule has 0 aliphatic carbocycles. The Labute approximate surface area is 127 Å². The second-order valence-electron chi connectivity index (χ2n) is 4.76. The summed E-state index contributed by atoms with van der Waals surface area (Å²) >= 11 is 7.43. The van der Waals surface area contributed by atoms with Crippen LogP contribution in [-0.4, -0.2) is 19.0 Å². The number of halogens is 1. The molecule has 0 radical (unpaired) electrons. The van der Waals surface area contributed by atoms with E-state index in [0.717, 1.165) is 35.0 Å². The van der Waals surface area contributed by atoms with E-state index in [9.17, 15) is 4.79 Å². The van der Waals surface area contributed by atoms with E-state index in [0.29, 0.717) is 6.54 Å². The molecule has 1 amide bonds. The molecular formula is C15H15ClN2OS. The highest BCUT2D eigenvalue weighted by Gasteiger charge is 2.13. The van der Waals surface area contributed by atoms with Crippen LogP contribution in [0.3, 0.4) is 0 Å². The maximum atomic E-state index is 12.1. The SMILES string of the molecule is O=C(NCCc1ccc(Cl)s1)c1ccc2c(c1)CCN2. The van der Waals surface area contributed by atoms with Crippen molar-refractivity contribution in [3.8, 4) is 0 Å². The van der Waals surface area contributed by atoms with Gasteiger partial charge in [-0.2, -0.15) is 0 Å². The first-order valence-electron chi connectivity index (χ1n) is 6.61. The topological polar surface area (TPSA) is 41.1 Å². The molecule has 20 heavy (non-hydrogen) atoms. The Morgan fingerprint density at radius 2 is 2.25 bits per heavy atom. The molecule has 0 atom stereocenters. The minimum atomic E-state index is -0.0117. The van der Waals surface area contributed by atoms with E-state index in [1.165, 1.54) is 10.4 Å². The maximum absolute atomic E-state index is 12.1. The van der Waals surface area contributed by atoms with E-state index >= 15 is 0 Å². The molecule has 0 fully saturated rings. The second kappa shape index (κ2) is 5.85. The average molecular weight is 307 g/mol. The molecule has 0 unspecified atom stereocenters. The molecule has 0 saturated carbocycles. The Kier molecular flexibility index (Phi) is 3.94. The third-order valence-corrected chi connectivity index (χ3v) is 4.65. The number of fused-ring (bicyclic) bond motifs is 1. The van der Waals surface area contributed by atoms with Gasteiger partial charge in [0.15, 0.2) is 0 Å². The van der Waals surface area contributed by atoms with Gasteiger partial charge in [-0.05, 0) is 48.7 Å². The standard InChI is InChI=1S/C15H15ClN2OS/c16-14-4-2-12(20-14)6-8-18-15(19)11-1-3-13-10(9-11)5-7-17-13/h1-4,9,17H,5-8H2,(H,18,19). The predicted molar refractivity (Wildman–Crippen MR) is 84.0 cm³/mol. The molecule has 2 heterocycles. The quantitative estimate of drug-likeness (QED) is 0.909. The van der Waals surface area contributed by atoms with Crippen molar-refractivity contribution in [1.29, 1.82) is 0 Å². The van der Waals surface area contributed by atoms with Gasteiger partial charge < -0.3 is 10.6 Å². The molecule has 104 valence electrons. The van der Waals surface area contributed by atoms with Crippen molar-refractivity contribution < 1.29 is 4.79 Å². The molecule has 1 aromatic heterocycles. The van der Waals surface area contributed by atoms with Crippen LogP contribution < -0.4 is 10.6 Å². The fourth-order valence-corrected chi connectivity index (χ4v) is 3.42. The lowest BCUT2D eigenvalue weighted by atomic mass is 10.1. The highest BCUT2D eigenvalue weighted by atomic mass is 35.5. The number of carbonyl (C=O) groups excluding carboxylic acids is 1. The largest absolute Gasteiger partial charge is 0.384 e. The van der Waals surface area contributed by atoms with Crippen LogP contribution in [0.4, 0.5) is 5.69 Å². The lowest BCUT2D eigenvalue weighted by Gasteiger charge is -2.06. The van der Waals surface area contributed by atoms with E-state index in [-0.39, 0.29) is 5.91 Å².